The molecule has 0 fully saturated rings. The largest absolute Gasteiger partial charge is 0.476 e. The highest BCUT2D eigenvalue weighted by atomic mass is 35.5. The smallest absolute Gasteiger partial charge is 0.239 e. The van der Waals surface area contributed by atoms with Gasteiger partial charge in [-0.1, -0.05) is 11.6 Å². The van der Waals surface area contributed by atoms with Crippen LogP contribution in [0, 0.1) is 0 Å². The van der Waals surface area contributed by atoms with Crippen LogP contribution in [-0.2, 0) is 0 Å². The Morgan fingerprint density at radius 2 is 2.14 bits per heavy atom. The second kappa shape index (κ2) is 5.71. The monoisotopic (exact) mass is 321 g/mol. The first kappa shape index (κ1) is 13.8. The molecule has 2 aromatic heterocycles. The number of nitrogen functional groups attached to an aromatic ring is 1. The second-order valence-electron chi connectivity index (χ2n) is 4.20. The predicted octanol–water partition coefficient (Wildman–Crippen LogP) is 3.46. The number of hydrogen-bond donors (Lipinski definition) is 2. The number of halogens is 1. The van der Waals surface area contributed by atoms with Crippen LogP contribution in [0.15, 0.2) is 24.3 Å². The van der Waals surface area contributed by atoms with Crippen molar-refractivity contribution in [3.63, 3.8) is 0 Å². The number of fused-ring (bicyclic) bond motifs is 1. The Kier molecular flexibility index (Phi) is 3.76. The lowest BCUT2D eigenvalue weighted by atomic mass is 10.2. The molecule has 0 aliphatic carbocycles. The maximum Gasteiger partial charge on any atom is 0.239 e. The van der Waals surface area contributed by atoms with Crippen molar-refractivity contribution in [3.05, 3.63) is 29.3 Å². The fraction of sp³-hybridized carbons (Fsp3) is 0.154. The molecule has 6 nitrogen and oxygen atoms in total. The van der Waals surface area contributed by atoms with Gasteiger partial charge in [-0.15, -0.1) is 0 Å². The minimum Gasteiger partial charge on any atom is -0.476 e. The molecule has 0 aliphatic rings. The molecule has 21 heavy (non-hydrogen) atoms. The third-order valence-corrected chi connectivity index (χ3v) is 3.66. The molecule has 3 aromatic rings. The topological polar surface area (TPSA) is 86.0 Å². The zero-order valence-corrected chi connectivity index (χ0v) is 12.7. The van der Waals surface area contributed by atoms with Gasteiger partial charge in [-0.25, -0.2) is 0 Å². The van der Waals surface area contributed by atoms with Crippen molar-refractivity contribution in [1.29, 1.82) is 0 Å². The first-order valence-electron chi connectivity index (χ1n) is 6.26. The first-order valence-corrected chi connectivity index (χ1v) is 7.37. The van der Waals surface area contributed by atoms with E-state index in [-0.39, 0.29) is 0 Å². The number of benzene rings is 1. The summed E-state index contributed by atoms with van der Waals surface area (Å²) >= 11 is 7.37. The van der Waals surface area contributed by atoms with Crippen LogP contribution >= 0.6 is 23.3 Å². The maximum absolute atomic E-state index is 6.23. The summed E-state index contributed by atoms with van der Waals surface area (Å²) in [6, 6.07) is 7.09. The molecule has 0 atom stereocenters. The van der Waals surface area contributed by atoms with Gasteiger partial charge >= 0.3 is 0 Å². The molecule has 0 unspecified atom stereocenters. The third kappa shape index (κ3) is 2.70. The fourth-order valence-corrected chi connectivity index (χ4v) is 2.59. The summed E-state index contributed by atoms with van der Waals surface area (Å²) < 4.78 is 13.8. The van der Waals surface area contributed by atoms with Crippen LogP contribution in [0.3, 0.4) is 0 Å². The number of aromatic nitrogens is 3. The highest BCUT2D eigenvalue weighted by Gasteiger charge is 2.12. The van der Waals surface area contributed by atoms with Crippen molar-refractivity contribution < 1.29 is 4.74 Å². The molecule has 3 N–H and O–H groups in total. The number of hydrogen-bond acceptors (Lipinski definition) is 7. The molecule has 0 amide bonds. The Labute approximate surface area is 130 Å². The summed E-state index contributed by atoms with van der Waals surface area (Å²) in [6.45, 7) is 2.37. The predicted molar refractivity (Wildman–Crippen MR) is 85.5 cm³/mol. The molecule has 0 bridgehead atoms. The van der Waals surface area contributed by atoms with Crippen molar-refractivity contribution in [3.8, 4) is 5.88 Å². The van der Waals surface area contributed by atoms with Gasteiger partial charge in [-0.2, -0.15) is 13.7 Å². The van der Waals surface area contributed by atoms with E-state index in [0.717, 1.165) is 17.2 Å². The molecule has 0 radical (unpaired) electrons. The lowest BCUT2D eigenvalue weighted by Gasteiger charge is -2.11. The highest BCUT2D eigenvalue weighted by Crippen LogP contribution is 2.33. The van der Waals surface area contributed by atoms with E-state index < -0.39 is 0 Å². The Morgan fingerprint density at radius 3 is 2.95 bits per heavy atom. The van der Waals surface area contributed by atoms with E-state index in [1.165, 1.54) is 0 Å². The van der Waals surface area contributed by atoms with Crippen molar-refractivity contribution in [1.82, 2.24) is 13.7 Å². The number of nitrogens with zero attached hydrogens (tertiary/aromatic N) is 3. The molecule has 108 valence electrons. The number of nitrogens with two attached hydrogens (primary N) is 1. The SMILES string of the molecule is CCOc1nc(Nc2c(Cl)ccc3nsnc23)ccc1N. The van der Waals surface area contributed by atoms with E-state index in [1.807, 2.05) is 13.0 Å². The number of pyridine rings is 1. The van der Waals surface area contributed by atoms with Gasteiger partial charge in [0.15, 0.2) is 0 Å². The number of ether oxygens (including phenoxy) is 1. The molecule has 3 rings (SSSR count). The molecule has 1 aromatic carbocycles. The van der Waals surface area contributed by atoms with Gasteiger partial charge in [0, 0.05) is 0 Å². The second-order valence-corrected chi connectivity index (χ2v) is 5.14. The van der Waals surface area contributed by atoms with Crippen LogP contribution in [0.2, 0.25) is 5.02 Å². The molecular formula is C13H12ClN5OS. The summed E-state index contributed by atoms with van der Waals surface area (Å²) in [6.07, 6.45) is 0. The molecule has 0 aliphatic heterocycles. The van der Waals surface area contributed by atoms with Crippen molar-refractivity contribution in [2.75, 3.05) is 17.7 Å². The number of nitrogens with one attached hydrogen (secondary N) is 1. The van der Waals surface area contributed by atoms with Gasteiger partial charge in [0.2, 0.25) is 5.88 Å². The number of anilines is 3. The van der Waals surface area contributed by atoms with Crippen LogP contribution in [0.5, 0.6) is 5.88 Å². The molecule has 2 heterocycles. The van der Waals surface area contributed by atoms with Crippen LogP contribution in [-0.4, -0.2) is 20.3 Å². The van der Waals surface area contributed by atoms with E-state index >= 15 is 0 Å². The van der Waals surface area contributed by atoms with Crippen LogP contribution < -0.4 is 15.8 Å². The van der Waals surface area contributed by atoms with Crippen LogP contribution in [0.1, 0.15) is 6.92 Å². The first-order chi connectivity index (χ1) is 10.2. The van der Waals surface area contributed by atoms with E-state index in [9.17, 15) is 0 Å². The van der Waals surface area contributed by atoms with Gasteiger partial charge < -0.3 is 15.8 Å². The van der Waals surface area contributed by atoms with Crippen molar-refractivity contribution in [2.24, 2.45) is 0 Å². The Balaban J connectivity index is 2.00. The molecular weight excluding hydrogens is 310 g/mol. The number of rotatable bonds is 4. The molecule has 0 saturated carbocycles. The van der Waals surface area contributed by atoms with E-state index in [1.54, 1.807) is 18.2 Å². The van der Waals surface area contributed by atoms with Crippen LogP contribution in [0.25, 0.3) is 11.0 Å². The minimum atomic E-state index is 0.391. The average molecular weight is 322 g/mol. The standard InChI is InChI=1S/C13H12ClN5OS/c1-2-20-13-8(15)4-6-10(17-13)16-11-7(14)3-5-9-12(11)19-21-18-9/h3-6H,2,15H2,1H3,(H,16,17). The zero-order chi connectivity index (χ0) is 14.8. The summed E-state index contributed by atoms with van der Waals surface area (Å²) in [4.78, 5) is 4.33. The summed E-state index contributed by atoms with van der Waals surface area (Å²) in [5.74, 6) is 0.970. The maximum atomic E-state index is 6.23. The summed E-state index contributed by atoms with van der Waals surface area (Å²) in [7, 11) is 0. The summed E-state index contributed by atoms with van der Waals surface area (Å²) in [5, 5.41) is 3.70. The Hall–Kier alpha value is -2.12. The minimum absolute atomic E-state index is 0.391. The van der Waals surface area contributed by atoms with Gasteiger partial charge in [-0.05, 0) is 31.2 Å². The van der Waals surface area contributed by atoms with Gasteiger partial charge in [0.05, 0.1) is 34.7 Å². The van der Waals surface area contributed by atoms with E-state index in [4.69, 9.17) is 22.1 Å². The van der Waals surface area contributed by atoms with E-state index in [0.29, 0.717) is 40.2 Å². The average Bonchev–Trinajstić information content (AvgIpc) is 2.94. The quantitative estimate of drug-likeness (QED) is 0.765. The van der Waals surface area contributed by atoms with Gasteiger partial charge in [-0.3, -0.25) is 0 Å². The summed E-state index contributed by atoms with van der Waals surface area (Å²) in [5.41, 5.74) is 8.46. The lowest BCUT2D eigenvalue weighted by molar-refractivity contribution is 0.329. The molecule has 0 saturated heterocycles. The Bertz CT molecular complexity index is 791. The van der Waals surface area contributed by atoms with E-state index in [2.05, 4.69) is 19.0 Å². The fourth-order valence-electron chi connectivity index (χ4n) is 1.85. The highest BCUT2D eigenvalue weighted by molar-refractivity contribution is 7.00. The van der Waals surface area contributed by atoms with Gasteiger partial charge in [0.25, 0.3) is 0 Å². The lowest BCUT2D eigenvalue weighted by Crippen LogP contribution is -2.02. The van der Waals surface area contributed by atoms with Crippen molar-refractivity contribution >= 4 is 51.6 Å². The normalized spacial score (nSPS) is 10.8. The molecule has 8 heteroatoms. The van der Waals surface area contributed by atoms with Gasteiger partial charge in [0.1, 0.15) is 16.9 Å². The zero-order valence-electron chi connectivity index (χ0n) is 11.1. The molecule has 0 spiro atoms. The Morgan fingerprint density at radius 1 is 1.29 bits per heavy atom. The van der Waals surface area contributed by atoms with Crippen molar-refractivity contribution in [2.45, 2.75) is 6.92 Å². The third-order valence-electron chi connectivity index (χ3n) is 2.80. The van der Waals surface area contributed by atoms with Crippen LogP contribution in [0.4, 0.5) is 17.2 Å².